The number of nitrogens with one attached hydrogen (secondary N) is 1. The van der Waals surface area contributed by atoms with Crippen LogP contribution in [0.15, 0.2) is 42.5 Å². The molecule has 0 aliphatic rings. The number of hydrogen-bond donors (Lipinski definition) is 1. The largest absolute Gasteiger partial charge is 0.332 e. The van der Waals surface area contributed by atoms with Gasteiger partial charge < -0.3 is 10.2 Å². The first kappa shape index (κ1) is 21.6. The molecule has 0 aliphatic heterocycles. The highest BCUT2D eigenvalue weighted by Crippen LogP contribution is 2.23. The third kappa shape index (κ3) is 5.10. The number of nitrogens with zero attached hydrogens (tertiary/aromatic N) is 2. The topological polar surface area (TPSA) is 62.3 Å². The number of rotatable bonds is 6. The molecule has 1 N–H and O–H groups in total. The Morgan fingerprint density at radius 3 is 2.50 bits per heavy atom. The highest BCUT2D eigenvalue weighted by Gasteiger charge is 2.21. The van der Waals surface area contributed by atoms with Crippen molar-refractivity contribution in [1.29, 1.82) is 0 Å². The smallest absolute Gasteiger partial charge is 0.266 e. The van der Waals surface area contributed by atoms with Gasteiger partial charge in [-0.25, -0.2) is 9.37 Å². The molecule has 0 fully saturated rings. The van der Waals surface area contributed by atoms with Crippen LogP contribution in [0.1, 0.15) is 37.1 Å². The predicted octanol–water partition coefficient (Wildman–Crippen LogP) is 4.51. The molecule has 7 heteroatoms. The van der Waals surface area contributed by atoms with Crippen LogP contribution in [0, 0.1) is 26.6 Å². The maximum atomic E-state index is 13.1. The minimum Gasteiger partial charge on any atom is -0.332 e. The maximum absolute atomic E-state index is 13.1. The fraction of sp³-hybridized carbons (Fsp3) is 0.261. The van der Waals surface area contributed by atoms with Gasteiger partial charge in [0.15, 0.2) is 0 Å². The van der Waals surface area contributed by atoms with Gasteiger partial charge in [0, 0.05) is 19.2 Å². The Morgan fingerprint density at radius 1 is 1.10 bits per heavy atom. The van der Waals surface area contributed by atoms with Crippen molar-refractivity contribution >= 4 is 28.8 Å². The van der Waals surface area contributed by atoms with Crippen molar-refractivity contribution in [3.8, 4) is 0 Å². The monoisotopic (exact) mass is 425 g/mol. The minimum atomic E-state index is -0.286. The molecule has 5 nitrogen and oxygen atoms in total. The second-order valence-corrected chi connectivity index (χ2v) is 8.37. The molecule has 1 heterocycles. The van der Waals surface area contributed by atoms with Gasteiger partial charge in [0.25, 0.3) is 5.91 Å². The summed E-state index contributed by atoms with van der Waals surface area (Å²) >= 11 is 1.30. The van der Waals surface area contributed by atoms with Crippen LogP contribution < -0.4 is 5.32 Å². The normalized spacial score (nSPS) is 10.7. The van der Waals surface area contributed by atoms with Crippen molar-refractivity contribution in [1.82, 2.24) is 9.88 Å². The maximum Gasteiger partial charge on any atom is 0.266 e. The van der Waals surface area contributed by atoms with Gasteiger partial charge in [-0.15, -0.1) is 11.3 Å². The number of thiazole rings is 1. The van der Waals surface area contributed by atoms with E-state index in [1.165, 1.54) is 28.4 Å². The first-order valence-corrected chi connectivity index (χ1v) is 10.4. The van der Waals surface area contributed by atoms with Crippen molar-refractivity contribution in [2.45, 2.75) is 27.2 Å². The van der Waals surface area contributed by atoms with Crippen molar-refractivity contribution in [3.05, 3.63) is 80.6 Å². The van der Waals surface area contributed by atoms with Crippen molar-refractivity contribution < 1.29 is 14.0 Å². The molecule has 0 aliphatic carbocycles. The van der Waals surface area contributed by atoms with E-state index in [1.54, 1.807) is 26.1 Å². The summed E-state index contributed by atoms with van der Waals surface area (Å²) in [4.78, 5) is 31.7. The summed E-state index contributed by atoms with van der Waals surface area (Å²) in [6.07, 6.45) is 0.524. The van der Waals surface area contributed by atoms with Gasteiger partial charge in [-0.2, -0.15) is 0 Å². The van der Waals surface area contributed by atoms with Crippen LogP contribution in [0.3, 0.4) is 0 Å². The number of carbonyl (C=O) groups is 2. The summed E-state index contributed by atoms with van der Waals surface area (Å²) in [5.41, 5.74) is 4.39. The number of amides is 2. The molecule has 3 aromatic rings. The van der Waals surface area contributed by atoms with E-state index in [2.05, 4.69) is 10.3 Å². The summed E-state index contributed by atoms with van der Waals surface area (Å²) in [7, 11) is 1.60. The molecule has 156 valence electrons. The lowest BCUT2D eigenvalue weighted by Gasteiger charge is -2.17. The van der Waals surface area contributed by atoms with Crippen molar-refractivity contribution in [2.24, 2.45) is 0 Å². The Bertz CT molecular complexity index is 1080. The lowest BCUT2D eigenvalue weighted by Crippen LogP contribution is -2.35. The fourth-order valence-corrected chi connectivity index (χ4v) is 4.13. The molecule has 3 rings (SSSR count). The van der Waals surface area contributed by atoms with Crippen molar-refractivity contribution in [3.63, 3.8) is 0 Å². The van der Waals surface area contributed by atoms with Gasteiger partial charge in [0.05, 0.1) is 17.2 Å². The van der Waals surface area contributed by atoms with E-state index in [-0.39, 0.29) is 24.2 Å². The zero-order valence-corrected chi connectivity index (χ0v) is 18.3. The van der Waals surface area contributed by atoms with Gasteiger partial charge in [-0.05, 0) is 55.7 Å². The Hall–Kier alpha value is -3.06. The van der Waals surface area contributed by atoms with Gasteiger partial charge in [-0.3, -0.25) is 9.59 Å². The van der Waals surface area contributed by atoms with Gasteiger partial charge in [0.2, 0.25) is 5.91 Å². The lowest BCUT2D eigenvalue weighted by atomic mass is 10.1. The van der Waals surface area contributed by atoms with E-state index in [4.69, 9.17) is 0 Å². The van der Waals surface area contributed by atoms with Crippen LogP contribution in [0.2, 0.25) is 0 Å². The first-order valence-electron chi connectivity index (χ1n) is 9.57. The summed E-state index contributed by atoms with van der Waals surface area (Å²) < 4.78 is 13.1. The van der Waals surface area contributed by atoms with E-state index in [0.29, 0.717) is 17.0 Å². The van der Waals surface area contributed by atoms with Gasteiger partial charge >= 0.3 is 0 Å². The first-order chi connectivity index (χ1) is 14.2. The number of carbonyl (C=O) groups excluding carboxylic acids is 2. The Labute approximate surface area is 179 Å². The summed E-state index contributed by atoms with van der Waals surface area (Å²) in [6, 6.07) is 11.9. The second kappa shape index (κ2) is 9.17. The van der Waals surface area contributed by atoms with Crippen LogP contribution in [-0.4, -0.2) is 35.3 Å². The molecule has 2 aromatic carbocycles. The highest BCUT2D eigenvalue weighted by atomic mass is 32.1. The summed E-state index contributed by atoms with van der Waals surface area (Å²) in [5.74, 6) is -0.787. The number of benzene rings is 2. The van der Waals surface area contributed by atoms with E-state index >= 15 is 0 Å². The molecule has 2 amide bonds. The van der Waals surface area contributed by atoms with Crippen LogP contribution >= 0.6 is 11.3 Å². The van der Waals surface area contributed by atoms with E-state index in [1.807, 2.05) is 32.0 Å². The molecule has 1 aromatic heterocycles. The number of aromatic nitrogens is 1. The van der Waals surface area contributed by atoms with Crippen LogP contribution in [0.4, 0.5) is 10.1 Å². The number of aryl methyl sites for hydroxylation is 2. The predicted molar refractivity (Wildman–Crippen MR) is 118 cm³/mol. The standard InChI is InChI=1S/C23H24FN3O2S/c1-14-6-5-7-19(15(14)2)26-20(28)13-27(4)23(29)22-16(3)25-21(30-22)12-17-8-10-18(24)11-9-17/h5-11H,12-13H2,1-4H3,(H,26,28). The quantitative estimate of drug-likeness (QED) is 0.632. The number of likely N-dealkylation sites (N-methyl/N-ethyl adjacent to an activating group) is 1. The highest BCUT2D eigenvalue weighted by molar-refractivity contribution is 7.13. The molecule has 0 radical (unpaired) electrons. The van der Waals surface area contributed by atoms with Gasteiger partial charge in [-0.1, -0.05) is 24.3 Å². The molecular formula is C23H24FN3O2S. The molecular weight excluding hydrogens is 401 g/mol. The van der Waals surface area contributed by atoms with Crippen LogP contribution in [0.25, 0.3) is 0 Å². The van der Waals surface area contributed by atoms with Crippen LogP contribution in [-0.2, 0) is 11.2 Å². The van der Waals surface area contributed by atoms with E-state index in [9.17, 15) is 14.0 Å². The van der Waals surface area contributed by atoms with Crippen molar-refractivity contribution in [2.75, 3.05) is 18.9 Å². The average Bonchev–Trinajstić information content (AvgIpc) is 3.06. The molecule has 0 unspecified atom stereocenters. The molecule has 0 saturated carbocycles. The SMILES string of the molecule is Cc1cccc(NC(=O)CN(C)C(=O)c2sc(Cc3ccc(F)cc3)nc2C)c1C. The van der Waals surface area contributed by atoms with E-state index in [0.717, 1.165) is 27.4 Å². The molecule has 0 atom stereocenters. The molecule has 30 heavy (non-hydrogen) atoms. The lowest BCUT2D eigenvalue weighted by molar-refractivity contribution is -0.116. The Kier molecular flexibility index (Phi) is 6.62. The zero-order valence-electron chi connectivity index (χ0n) is 17.5. The number of hydrogen-bond acceptors (Lipinski definition) is 4. The van der Waals surface area contributed by atoms with Gasteiger partial charge in [0.1, 0.15) is 10.7 Å². The molecule has 0 saturated heterocycles. The third-order valence-electron chi connectivity index (χ3n) is 4.91. The second-order valence-electron chi connectivity index (χ2n) is 7.28. The zero-order chi connectivity index (χ0) is 21.8. The summed E-state index contributed by atoms with van der Waals surface area (Å²) in [6.45, 7) is 5.65. The van der Waals surface area contributed by atoms with Crippen LogP contribution in [0.5, 0.6) is 0 Å². The molecule has 0 bridgehead atoms. The Morgan fingerprint density at radius 2 is 1.80 bits per heavy atom. The third-order valence-corrected chi connectivity index (χ3v) is 6.06. The molecule has 0 spiro atoms. The number of anilines is 1. The minimum absolute atomic E-state index is 0.0587. The van der Waals surface area contributed by atoms with E-state index < -0.39 is 0 Å². The fourth-order valence-electron chi connectivity index (χ4n) is 3.04. The summed E-state index contributed by atoms with van der Waals surface area (Å²) in [5, 5.41) is 3.64. The number of halogens is 1. The average molecular weight is 426 g/mol. The Balaban J connectivity index is 1.65.